The lowest BCUT2D eigenvalue weighted by Gasteiger charge is -2.18. The smallest absolute Gasteiger partial charge is 0.416 e. The predicted octanol–water partition coefficient (Wildman–Crippen LogP) is 9.81. The van der Waals surface area contributed by atoms with Crippen LogP contribution in [0.4, 0.5) is 70.8 Å². The Morgan fingerprint density at radius 2 is 0.857 bits per heavy atom. The summed E-state index contributed by atoms with van der Waals surface area (Å²) in [4.78, 5) is 44.4. The van der Waals surface area contributed by atoms with Crippen molar-refractivity contribution >= 4 is 58.1 Å². The maximum absolute atomic E-state index is 13.0. The van der Waals surface area contributed by atoms with Gasteiger partial charge in [0.2, 0.25) is 11.9 Å². The van der Waals surface area contributed by atoms with Crippen molar-refractivity contribution in [2.45, 2.75) is 51.5 Å². The Hall–Kier alpha value is -8.18. The third kappa shape index (κ3) is 13.9. The van der Waals surface area contributed by atoms with Crippen molar-refractivity contribution in [2.24, 2.45) is 0 Å². The zero-order valence-electron chi connectivity index (χ0n) is 38.4. The van der Waals surface area contributed by atoms with E-state index >= 15 is 0 Å². The van der Waals surface area contributed by atoms with Crippen LogP contribution in [0.3, 0.4) is 0 Å². The molecule has 0 saturated carbocycles. The molecule has 2 amide bonds. The molecule has 2 unspecified atom stereocenters. The largest absolute Gasteiger partial charge is 0.493 e. The number of rotatable bonds is 20. The molecule has 2 atom stereocenters. The number of carbonyl (C=O) groups excluding carboxylic acids is 2. The van der Waals surface area contributed by atoms with Crippen LogP contribution in [0.15, 0.2) is 84.9 Å². The van der Waals surface area contributed by atoms with Crippen molar-refractivity contribution in [1.82, 2.24) is 19.9 Å². The van der Waals surface area contributed by atoms with Crippen molar-refractivity contribution in [3.8, 4) is 23.0 Å². The molecule has 70 heavy (non-hydrogen) atoms. The minimum absolute atomic E-state index is 0.0275. The molecule has 0 aliphatic rings. The molecular weight excluding hydrogens is 935 g/mol. The average molecular weight is 983 g/mol. The number of aromatic nitrogens is 4. The fraction of sp³-hybridized carbons (Fsp3) is 0.304. The molecule has 0 bridgehead atoms. The molecule has 4 aromatic carbocycles. The van der Waals surface area contributed by atoms with Gasteiger partial charge in [-0.3, -0.25) is 10.6 Å². The molecule has 24 heteroatoms. The van der Waals surface area contributed by atoms with Crippen LogP contribution in [-0.2, 0) is 34.9 Å². The number of hydrogen-bond donors (Lipinski definition) is 6. The van der Waals surface area contributed by atoms with Gasteiger partial charge in [-0.1, -0.05) is 12.1 Å². The Labute approximate surface area is 396 Å². The quantitative estimate of drug-likeness (QED) is 0.0393. The van der Waals surface area contributed by atoms with Gasteiger partial charge >= 0.3 is 24.5 Å². The molecule has 6 rings (SSSR count). The van der Waals surface area contributed by atoms with E-state index < -0.39 is 47.9 Å². The number of fused-ring (bicyclic) bond motifs is 1. The molecule has 372 valence electrons. The summed E-state index contributed by atoms with van der Waals surface area (Å²) in [6.07, 6.45) is -12.6. The molecule has 2 heterocycles. The molecule has 0 aliphatic heterocycles. The summed E-state index contributed by atoms with van der Waals surface area (Å²) in [7, 11) is 6.05. The maximum atomic E-state index is 13.0. The molecular formula is C46H48F6N10O8. The first-order valence-electron chi connectivity index (χ1n) is 21.1. The fourth-order valence-electron chi connectivity index (χ4n) is 6.47. The number of benzene rings is 4. The van der Waals surface area contributed by atoms with Gasteiger partial charge in [0.1, 0.15) is 23.2 Å². The summed E-state index contributed by atoms with van der Waals surface area (Å²) in [5.41, 5.74) is 0.413. The summed E-state index contributed by atoms with van der Waals surface area (Å²) in [6.45, 7) is 3.49. The molecule has 0 radical (unpaired) electrons. The number of nitrogens with zero attached hydrogens (tertiary/aromatic N) is 4. The lowest BCUT2D eigenvalue weighted by Crippen LogP contribution is -2.27. The number of methoxy groups -OCH3 is 4. The second kappa shape index (κ2) is 22.7. The number of alkyl halides is 6. The van der Waals surface area contributed by atoms with Gasteiger partial charge in [-0.05, 0) is 97.8 Å². The van der Waals surface area contributed by atoms with Crippen LogP contribution in [0, 0.1) is 0 Å². The monoisotopic (exact) mass is 982 g/mol. The van der Waals surface area contributed by atoms with Gasteiger partial charge in [0.05, 0.1) is 52.7 Å². The van der Waals surface area contributed by atoms with Crippen LogP contribution in [0.5, 0.6) is 23.0 Å². The Morgan fingerprint density at radius 3 is 1.19 bits per heavy atom. The third-order valence-electron chi connectivity index (χ3n) is 9.99. The van der Waals surface area contributed by atoms with Crippen molar-refractivity contribution in [3.63, 3.8) is 0 Å². The van der Waals surface area contributed by atoms with Gasteiger partial charge in [-0.15, -0.1) is 0 Å². The van der Waals surface area contributed by atoms with E-state index in [-0.39, 0.29) is 72.1 Å². The van der Waals surface area contributed by atoms with Crippen LogP contribution < -0.4 is 50.8 Å². The van der Waals surface area contributed by atoms with Crippen molar-refractivity contribution < 1.29 is 64.4 Å². The molecule has 0 aliphatic carbocycles. The Kier molecular flexibility index (Phi) is 16.6. The number of ether oxygens (including phenoxy) is 6. The zero-order valence-corrected chi connectivity index (χ0v) is 38.4. The minimum atomic E-state index is -4.54. The first kappa shape index (κ1) is 51.2. The van der Waals surface area contributed by atoms with Crippen molar-refractivity contribution in [3.05, 3.63) is 107 Å². The van der Waals surface area contributed by atoms with Gasteiger partial charge in [0.15, 0.2) is 34.6 Å². The Morgan fingerprint density at radius 1 is 0.500 bits per heavy atom. The summed E-state index contributed by atoms with van der Waals surface area (Å²) >= 11 is 0. The van der Waals surface area contributed by atoms with E-state index in [4.69, 9.17) is 48.4 Å². The van der Waals surface area contributed by atoms with Crippen LogP contribution >= 0.6 is 0 Å². The second-order valence-corrected chi connectivity index (χ2v) is 15.2. The van der Waals surface area contributed by atoms with E-state index in [0.717, 1.165) is 59.7 Å². The molecule has 0 saturated heterocycles. The normalized spacial score (nSPS) is 12.2. The number of amides is 2. The Balaban J connectivity index is 1.27. The number of anilines is 6. The van der Waals surface area contributed by atoms with Gasteiger partial charge in [0.25, 0.3) is 0 Å². The van der Waals surface area contributed by atoms with E-state index in [1.165, 1.54) is 28.4 Å². The maximum Gasteiger partial charge on any atom is 0.416 e. The molecule has 18 nitrogen and oxygen atoms in total. The summed E-state index contributed by atoms with van der Waals surface area (Å²) in [6, 6.07) is 18.4. The van der Waals surface area contributed by atoms with Crippen LogP contribution in [0.25, 0.3) is 11.0 Å². The topological polar surface area (TPSA) is 213 Å². The second-order valence-electron chi connectivity index (χ2n) is 15.2. The van der Waals surface area contributed by atoms with Crippen LogP contribution in [-0.4, -0.2) is 85.9 Å². The number of nitrogens with one attached hydrogen (secondary N) is 6. The molecule has 0 fully saturated rings. The minimum Gasteiger partial charge on any atom is -0.493 e. The molecule has 0 spiro atoms. The molecule has 6 N–H and O–H groups in total. The van der Waals surface area contributed by atoms with Crippen molar-refractivity contribution in [1.29, 1.82) is 0 Å². The SMILES string of the molecule is COc1ccc(CNc2nc(NCC(C)OC(=O)Nc3ccc(C(F)(F)F)cc3)nc3c(NCc4ccc(OC)c(OC)c4)nc(NCC(C)OC(=O)Nc4ccc(C(F)(F)F)cc4)nc23)cc1OC. The number of halogens is 6. The first-order chi connectivity index (χ1) is 33.3. The lowest BCUT2D eigenvalue weighted by molar-refractivity contribution is -0.138. The summed E-state index contributed by atoms with van der Waals surface area (Å²) in [5.74, 6) is 2.53. The highest BCUT2D eigenvalue weighted by Crippen LogP contribution is 2.34. The van der Waals surface area contributed by atoms with E-state index in [2.05, 4.69) is 31.9 Å². The summed E-state index contributed by atoms with van der Waals surface area (Å²) in [5, 5.41) is 17.6. The van der Waals surface area contributed by atoms with Gasteiger partial charge in [0, 0.05) is 24.5 Å². The average Bonchev–Trinajstić information content (AvgIpc) is 3.33. The number of carbonyl (C=O) groups is 2. The van der Waals surface area contributed by atoms with E-state index in [9.17, 15) is 35.9 Å². The fourth-order valence-corrected chi connectivity index (χ4v) is 6.47. The predicted molar refractivity (Wildman–Crippen MR) is 248 cm³/mol. The van der Waals surface area contributed by atoms with Crippen LogP contribution in [0.2, 0.25) is 0 Å². The molecule has 6 aromatic rings. The third-order valence-corrected chi connectivity index (χ3v) is 9.99. The molecule has 2 aromatic heterocycles. The highest BCUT2D eigenvalue weighted by molar-refractivity contribution is 5.94. The highest BCUT2D eigenvalue weighted by atomic mass is 19.4. The zero-order chi connectivity index (χ0) is 50.6. The lowest BCUT2D eigenvalue weighted by atomic mass is 10.2. The van der Waals surface area contributed by atoms with Gasteiger partial charge in [-0.25, -0.2) is 19.6 Å². The van der Waals surface area contributed by atoms with E-state index in [1.807, 2.05) is 12.1 Å². The van der Waals surface area contributed by atoms with Crippen LogP contribution in [0.1, 0.15) is 36.1 Å². The summed E-state index contributed by atoms with van der Waals surface area (Å²) < 4.78 is 111. The van der Waals surface area contributed by atoms with Crippen molar-refractivity contribution in [2.75, 3.05) is 73.4 Å². The van der Waals surface area contributed by atoms with E-state index in [1.54, 1.807) is 38.1 Å². The first-order valence-corrected chi connectivity index (χ1v) is 21.1. The van der Waals surface area contributed by atoms with E-state index in [0.29, 0.717) is 23.0 Å². The van der Waals surface area contributed by atoms with Gasteiger partial charge < -0.3 is 49.7 Å². The number of hydrogen-bond acceptors (Lipinski definition) is 16. The Bertz CT molecular complexity index is 2560. The standard InChI is InChI=1S/C46H48F6N10O8/c1-25(69-43(63)57-31-13-9-29(10-14-31)45(47,48)49)21-55-41-59-37-38(39(61-41)53-23-27-7-17-33(65-3)35(19-27)67-5)60-42(62-40(37)54-24-28-8-18-34(66-4)36(20-28)68-6)56-22-26(2)70-44(64)58-32-15-11-30(12-16-32)46(50,51)52/h7-20,25-26H,21-24H2,1-6H3,(H,57,63)(H,58,64)(H2,53,55,59,61)(H2,54,56,60,62). The highest BCUT2D eigenvalue weighted by Gasteiger charge is 2.31. The van der Waals surface area contributed by atoms with Gasteiger partial charge in [-0.2, -0.15) is 36.3 Å².